The number of ketones is 1. The highest BCUT2D eigenvalue weighted by atomic mass is 16.5. The zero-order valence-electron chi connectivity index (χ0n) is 35.1. The van der Waals surface area contributed by atoms with Crippen molar-refractivity contribution in [3.05, 3.63) is 94.5 Å². The second-order valence-corrected chi connectivity index (χ2v) is 18.2. The molecule has 314 valence electrons. The van der Waals surface area contributed by atoms with Crippen molar-refractivity contribution in [1.82, 2.24) is 14.9 Å². The van der Waals surface area contributed by atoms with Crippen LogP contribution in [0.1, 0.15) is 136 Å². The van der Waals surface area contributed by atoms with E-state index in [1.807, 2.05) is 30.3 Å². The van der Waals surface area contributed by atoms with E-state index in [1.165, 1.54) is 5.56 Å². The number of aryl methyl sites for hydroxylation is 1. The number of aromatic amines is 1. The van der Waals surface area contributed by atoms with Crippen molar-refractivity contribution in [2.75, 3.05) is 6.54 Å². The van der Waals surface area contributed by atoms with Gasteiger partial charge >= 0.3 is 0 Å². The molecular formula is C51H60N4O5. The van der Waals surface area contributed by atoms with E-state index in [0.29, 0.717) is 43.1 Å². The maximum atomic E-state index is 14.0. The number of aliphatic hydroxyl groups excluding tert-OH is 2. The van der Waals surface area contributed by atoms with Gasteiger partial charge in [0, 0.05) is 55.2 Å². The molecule has 6 N–H and O–H groups in total. The summed E-state index contributed by atoms with van der Waals surface area (Å²) < 4.78 is 15.5. The average molecular weight is 809 g/mol. The summed E-state index contributed by atoms with van der Waals surface area (Å²) >= 11 is 0. The number of nitrogens with zero attached hydrogens (tertiary/aromatic N) is 1. The van der Waals surface area contributed by atoms with Crippen molar-refractivity contribution < 1.29 is 24.5 Å². The van der Waals surface area contributed by atoms with Gasteiger partial charge in [-0.1, -0.05) is 94.1 Å². The minimum Gasteiger partial charge on any atom is -0.465 e. The summed E-state index contributed by atoms with van der Waals surface area (Å²) in [6.07, 6.45) is 22.9. The molecule has 4 aromatic rings. The van der Waals surface area contributed by atoms with Crippen LogP contribution in [0.3, 0.4) is 0 Å². The SMILES string of the molecule is CCCCC[C@H](C(=O)CCc1ccc2c(c1)O[C@H]1[C@@H](C#C[C@H](O)c3ccc4c(c3Cc3c[nH]c5cn1cc35)CCN[C@H]4N)C1(C#CO2)CCCC1)[C@H](O)[C@H]1C=C[C@H](C)CC1. The molecule has 2 aromatic carbocycles. The third-order valence-corrected chi connectivity index (χ3v) is 14.3. The lowest BCUT2D eigenvalue weighted by atomic mass is 9.73. The second-order valence-electron chi connectivity index (χ2n) is 18.2. The van der Waals surface area contributed by atoms with Gasteiger partial charge < -0.3 is 35.0 Å². The number of fused-ring (bicyclic) bond motifs is 8. The monoisotopic (exact) mass is 808 g/mol. The number of hydrogen-bond donors (Lipinski definition) is 5. The van der Waals surface area contributed by atoms with Crippen molar-refractivity contribution in [3.63, 3.8) is 0 Å². The topological polar surface area (TPSA) is 135 Å². The Morgan fingerprint density at radius 1 is 1.05 bits per heavy atom. The molecule has 9 heteroatoms. The number of aliphatic hydroxyl groups is 2. The Labute approximate surface area is 354 Å². The summed E-state index contributed by atoms with van der Waals surface area (Å²) in [5, 5.41) is 28.1. The molecule has 8 atom stereocenters. The molecule has 5 aliphatic rings. The first-order valence-corrected chi connectivity index (χ1v) is 22.6. The number of nitrogens with two attached hydrogens (primary N) is 1. The minimum atomic E-state index is -1.02. The van der Waals surface area contributed by atoms with Crippen molar-refractivity contribution in [2.24, 2.45) is 34.8 Å². The maximum Gasteiger partial charge on any atom is 0.191 e. The Kier molecular flexibility index (Phi) is 11.7. The summed E-state index contributed by atoms with van der Waals surface area (Å²) in [6, 6.07) is 9.92. The van der Waals surface area contributed by atoms with E-state index in [0.717, 1.165) is 109 Å². The highest BCUT2D eigenvalue weighted by Crippen LogP contribution is 2.50. The fourth-order valence-corrected chi connectivity index (χ4v) is 10.7. The van der Waals surface area contributed by atoms with E-state index in [9.17, 15) is 15.0 Å². The highest BCUT2D eigenvalue weighted by Gasteiger charge is 2.46. The number of rotatable bonds is 10. The van der Waals surface area contributed by atoms with Crippen LogP contribution >= 0.6 is 0 Å². The van der Waals surface area contributed by atoms with Gasteiger partial charge in [0.25, 0.3) is 0 Å². The van der Waals surface area contributed by atoms with Crippen LogP contribution in [-0.4, -0.2) is 38.2 Å². The summed E-state index contributed by atoms with van der Waals surface area (Å²) in [6.45, 7) is 5.14. The molecule has 9 rings (SSSR count). The number of H-pyrrole nitrogens is 1. The molecule has 2 aromatic heterocycles. The van der Waals surface area contributed by atoms with E-state index < -0.39 is 29.8 Å². The van der Waals surface area contributed by atoms with Crippen molar-refractivity contribution in [3.8, 4) is 35.4 Å². The lowest BCUT2D eigenvalue weighted by Gasteiger charge is -2.35. The number of ether oxygens (including phenoxy) is 2. The Balaban J connectivity index is 1.06. The number of Topliss-reactive ketones (excluding diaryl/α,β-unsaturated/α-hetero) is 1. The maximum absolute atomic E-state index is 14.0. The van der Waals surface area contributed by atoms with Gasteiger partial charge in [0.1, 0.15) is 18.0 Å². The van der Waals surface area contributed by atoms with Crippen molar-refractivity contribution in [1.29, 1.82) is 0 Å². The standard InChI is InChI=1S/C51H60N4O5/c1-3-4-5-8-39(48(58)34-13-9-32(2)10-14-34)45(57)18-11-33-12-20-46-47(27-33)60-50-42(51(24-26-59-46)22-6-7-23-51)17-19-44(56)37-15-16-38-36(21-25-53-49(38)52)40(37)28-35-29-54-43-31-55(50)30-41(35)43/h9,12-13,15-16,20,27,29-32,34,39,42,44,48-50,53-54,56,58H,3-8,10-11,14,18,21-23,25,28,52H2,1-2H3/t32-,34-,39+,42+,44-,48+,49+,50-/m0/s1. The Morgan fingerprint density at radius 3 is 2.72 bits per heavy atom. The average Bonchev–Trinajstić information content (AvgIpc) is 4.00. The van der Waals surface area contributed by atoms with Gasteiger partial charge in [-0.05, 0) is 96.4 Å². The number of allylic oxidation sites excluding steroid dienone is 1. The van der Waals surface area contributed by atoms with Crippen LogP contribution in [-0.2, 0) is 24.1 Å². The van der Waals surface area contributed by atoms with E-state index >= 15 is 0 Å². The first-order valence-electron chi connectivity index (χ1n) is 22.6. The third kappa shape index (κ3) is 7.94. The van der Waals surface area contributed by atoms with E-state index in [1.54, 1.807) is 0 Å². The zero-order valence-corrected chi connectivity index (χ0v) is 35.1. The van der Waals surface area contributed by atoms with E-state index in [4.69, 9.17) is 15.2 Å². The Bertz CT molecular complexity index is 2380. The van der Waals surface area contributed by atoms with Gasteiger partial charge in [0.2, 0.25) is 0 Å². The molecule has 1 fully saturated rings. The fourth-order valence-electron chi connectivity index (χ4n) is 10.7. The molecular weight excluding hydrogens is 749 g/mol. The number of unbranched alkanes of at least 4 members (excludes halogenated alkanes) is 2. The van der Waals surface area contributed by atoms with Crippen LogP contribution in [0.25, 0.3) is 10.9 Å². The van der Waals surface area contributed by atoms with Crippen LogP contribution < -0.4 is 20.5 Å². The number of benzene rings is 2. The number of carbonyl (C=O) groups is 1. The minimum absolute atomic E-state index is 0.0170. The Hall–Kier alpha value is -4.77. The number of carbonyl (C=O) groups excluding carboxylic acids is 1. The van der Waals surface area contributed by atoms with Crippen LogP contribution in [0.2, 0.25) is 0 Å². The van der Waals surface area contributed by atoms with Gasteiger partial charge in [-0.15, -0.1) is 0 Å². The fraction of sp³-hybridized carbons (Fsp3) is 0.510. The van der Waals surface area contributed by atoms with Crippen molar-refractivity contribution in [2.45, 2.75) is 128 Å². The van der Waals surface area contributed by atoms with Crippen LogP contribution in [0, 0.1) is 53.0 Å². The van der Waals surface area contributed by atoms with E-state index in [-0.39, 0.29) is 23.8 Å². The predicted octanol–water partition coefficient (Wildman–Crippen LogP) is 8.48. The molecule has 1 spiro atoms. The largest absolute Gasteiger partial charge is 0.465 e. The number of nitrogens with one attached hydrogen (secondary N) is 2. The first-order chi connectivity index (χ1) is 29.2. The molecule has 0 saturated heterocycles. The summed E-state index contributed by atoms with van der Waals surface area (Å²) in [5.74, 6) is 11.4. The highest BCUT2D eigenvalue weighted by molar-refractivity contribution is 5.84. The number of aromatic nitrogens is 2. The van der Waals surface area contributed by atoms with Gasteiger partial charge in [-0.25, -0.2) is 0 Å². The van der Waals surface area contributed by atoms with Gasteiger partial charge in [-0.2, -0.15) is 0 Å². The molecule has 0 unspecified atom stereocenters. The normalized spacial score (nSPS) is 26.1. The lowest BCUT2D eigenvalue weighted by molar-refractivity contribution is -0.127. The molecule has 60 heavy (non-hydrogen) atoms. The van der Waals surface area contributed by atoms with Crippen molar-refractivity contribution >= 4 is 16.7 Å². The van der Waals surface area contributed by atoms with Gasteiger partial charge in [0.15, 0.2) is 17.7 Å². The molecule has 9 nitrogen and oxygen atoms in total. The molecule has 5 heterocycles. The first kappa shape index (κ1) is 40.6. The summed E-state index contributed by atoms with van der Waals surface area (Å²) in [5.41, 5.74) is 13.2. The molecule has 2 aliphatic carbocycles. The third-order valence-electron chi connectivity index (χ3n) is 14.3. The predicted molar refractivity (Wildman–Crippen MR) is 234 cm³/mol. The molecule has 1 saturated carbocycles. The van der Waals surface area contributed by atoms with Crippen LogP contribution in [0.15, 0.2) is 61.1 Å². The summed E-state index contributed by atoms with van der Waals surface area (Å²) in [4.78, 5) is 17.5. The molecule has 0 radical (unpaired) electrons. The van der Waals surface area contributed by atoms with Crippen LogP contribution in [0.4, 0.5) is 0 Å². The number of hydrogen-bond acceptors (Lipinski definition) is 7. The quantitative estimate of drug-likeness (QED) is 0.0617. The smallest absolute Gasteiger partial charge is 0.191 e. The summed E-state index contributed by atoms with van der Waals surface area (Å²) in [7, 11) is 0. The van der Waals surface area contributed by atoms with Gasteiger partial charge in [0.05, 0.1) is 29.1 Å². The molecule has 0 amide bonds. The Morgan fingerprint density at radius 2 is 1.90 bits per heavy atom. The van der Waals surface area contributed by atoms with Crippen LogP contribution in [0.5, 0.6) is 11.5 Å². The molecule has 3 aliphatic heterocycles. The zero-order chi connectivity index (χ0) is 41.4. The van der Waals surface area contributed by atoms with Gasteiger partial charge in [-0.3, -0.25) is 10.1 Å². The van der Waals surface area contributed by atoms with E-state index in [2.05, 4.69) is 83.3 Å². The molecule has 2 bridgehead atoms. The lowest BCUT2D eigenvalue weighted by Crippen LogP contribution is -2.36. The second kappa shape index (κ2) is 17.3.